The maximum absolute atomic E-state index is 6.27. The third kappa shape index (κ3) is 4.53. The topological polar surface area (TPSA) is 56.7 Å². The molecule has 0 atom stereocenters. The molecular formula is C40H28N4O. The molecular weight excluding hydrogens is 552 g/mol. The zero-order valence-corrected chi connectivity index (χ0v) is 24.7. The molecule has 5 aromatic carbocycles. The number of nitrogens with zero attached hydrogens (tertiary/aromatic N) is 4. The van der Waals surface area contributed by atoms with Crippen molar-refractivity contribution in [3.63, 3.8) is 0 Å². The molecule has 3 heterocycles. The van der Waals surface area contributed by atoms with E-state index in [0.717, 1.165) is 66.5 Å². The highest BCUT2D eigenvalue weighted by atomic mass is 16.3. The van der Waals surface area contributed by atoms with Gasteiger partial charge in [-0.1, -0.05) is 110 Å². The molecule has 0 spiro atoms. The molecule has 0 amide bonds. The first-order valence-corrected chi connectivity index (χ1v) is 14.9. The molecule has 0 aliphatic rings. The summed E-state index contributed by atoms with van der Waals surface area (Å²) in [5.74, 6) is 1.87. The van der Waals surface area contributed by atoms with Crippen molar-refractivity contribution in [2.45, 2.75) is 6.92 Å². The van der Waals surface area contributed by atoms with Crippen LogP contribution < -0.4 is 0 Å². The highest BCUT2D eigenvalue weighted by molar-refractivity contribution is 6.11. The fraction of sp³-hybridized carbons (Fsp3) is 0.0250. The summed E-state index contributed by atoms with van der Waals surface area (Å²) >= 11 is 0. The van der Waals surface area contributed by atoms with E-state index >= 15 is 0 Å². The maximum atomic E-state index is 6.27. The Morgan fingerprint density at radius 1 is 0.600 bits per heavy atom. The standard InChI is InChI=1S/C40H28N4O/c1-3-14-30-32-25-37-33(31-21-11-12-22-36(31)45-37)24-35(32)44(34(30)4-2)29-20-13-19-28(23-29)40-42-38(26-15-7-5-8-16-26)41-39(43-40)27-17-9-6-10-18-27/h3-25H,2H2,1H3/b14-3-. The van der Waals surface area contributed by atoms with Crippen LogP contribution in [0.2, 0.25) is 0 Å². The van der Waals surface area contributed by atoms with Crippen molar-refractivity contribution in [1.29, 1.82) is 0 Å². The van der Waals surface area contributed by atoms with E-state index < -0.39 is 0 Å². The number of hydrogen-bond donors (Lipinski definition) is 0. The number of allylic oxidation sites excluding steroid dienone is 1. The quantitative estimate of drug-likeness (QED) is 0.196. The van der Waals surface area contributed by atoms with Gasteiger partial charge in [0, 0.05) is 44.1 Å². The Hall–Kier alpha value is -6.07. The summed E-state index contributed by atoms with van der Waals surface area (Å²) < 4.78 is 8.54. The van der Waals surface area contributed by atoms with Gasteiger partial charge in [-0.05, 0) is 43.3 Å². The number of aromatic nitrogens is 4. The lowest BCUT2D eigenvalue weighted by atomic mass is 10.1. The smallest absolute Gasteiger partial charge is 0.164 e. The van der Waals surface area contributed by atoms with Crippen molar-refractivity contribution in [2.75, 3.05) is 0 Å². The van der Waals surface area contributed by atoms with Gasteiger partial charge in [-0.15, -0.1) is 0 Å². The molecule has 0 unspecified atom stereocenters. The Kier molecular flexibility index (Phi) is 6.42. The lowest BCUT2D eigenvalue weighted by molar-refractivity contribution is 0.669. The molecule has 0 aliphatic heterocycles. The molecule has 214 valence electrons. The Labute approximate surface area is 260 Å². The van der Waals surface area contributed by atoms with Gasteiger partial charge in [-0.3, -0.25) is 0 Å². The van der Waals surface area contributed by atoms with Gasteiger partial charge in [-0.2, -0.15) is 0 Å². The second-order valence-electron chi connectivity index (χ2n) is 10.9. The van der Waals surface area contributed by atoms with E-state index in [1.807, 2.05) is 91.9 Å². The summed E-state index contributed by atoms with van der Waals surface area (Å²) in [5.41, 5.74) is 8.66. The lowest BCUT2D eigenvalue weighted by Gasteiger charge is -2.12. The van der Waals surface area contributed by atoms with E-state index in [9.17, 15) is 0 Å². The normalized spacial score (nSPS) is 11.7. The van der Waals surface area contributed by atoms with Gasteiger partial charge in [-0.25, -0.2) is 15.0 Å². The number of furan rings is 1. The molecule has 5 nitrogen and oxygen atoms in total. The van der Waals surface area contributed by atoms with Crippen molar-refractivity contribution in [1.82, 2.24) is 19.5 Å². The Morgan fingerprint density at radius 2 is 1.22 bits per heavy atom. The second-order valence-corrected chi connectivity index (χ2v) is 10.9. The third-order valence-corrected chi connectivity index (χ3v) is 8.13. The summed E-state index contributed by atoms with van der Waals surface area (Å²) in [5, 5.41) is 3.27. The zero-order valence-electron chi connectivity index (χ0n) is 24.7. The summed E-state index contributed by atoms with van der Waals surface area (Å²) in [6, 6.07) is 41.0. The number of rotatable bonds is 6. The average Bonchev–Trinajstić information content (AvgIpc) is 3.62. The van der Waals surface area contributed by atoms with Gasteiger partial charge in [0.15, 0.2) is 17.5 Å². The first-order chi connectivity index (χ1) is 22.2. The van der Waals surface area contributed by atoms with Gasteiger partial charge in [0.25, 0.3) is 0 Å². The van der Waals surface area contributed by atoms with E-state index in [1.54, 1.807) is 0 Å². The minimum atomic E-state index is 0.609. The van der Waals surface area contributed by atoms with Crippen LogP contribution in [0, 0.1) is 0 Å². The molecule has 0 radical (unpaired) electrons. The van der Waals surface area contributed by atoms with Crippen molar-refractivity contribution in [3.05, 3.63) is 145 Å². The van der Waals surface area contributed by atoms with Crippen LogP contribution in [0.1, 0.15) is 18.2 Å². The van der Waals surface area contributed by atoms with Crippen LogP contribution in [-0.2, 0) is 0 Å². The molecule has 0 bridgehead atoms. The summed E-state index contributed by atoms with van der Waals surface area (Å²) in [4.78, 5) is 14.8. The fourth-order valence-corrected chi connectivity index (χ4v) is 6.09. The predicted molar refractivity (Wildman–Crippen MR) is 185 cm³/mol. The molecule has 3 aromatic heterocycles. The maximum Gasteiger partial charge on any atom is 0.164 e. The van der Waals surface area contributed by atoms with Crippen LogP contribution in [0.3, 0.4) is 0 Å². The number of hydrogen-bond acceptors (Lipinski definition) is 4. The van der Waals surface area contributed by atoms with Gasteiger partial charge < -0.3 is 8.98 Å². The van der Waals surface area contributed by atoms with Gasteiger partial charge >= 0.3 is 0 Å². The molecule has 0 saturated heterocycles. The second kappa shape index (κ2) is 10.9. The van der Waals surface area contributed by atoms with Gasteiger partial charge in [0.1, 0.15) is 11.2 Å². The van der Waals surface area contributed by atoms with E-state index in [4.69, 9.17) is 19.4 Å². The Bertz CT molecular complexity index is 2340. The van der Waals surface area contributed by atoms with Crippen LogP contribution in [0.4, 0.5) is 0 Å². The van der Waals surface area contributed by atoms with Crippen LogP contribution in [0.25, 0.3) is 84.8 Å². The molecule has 45 heavy (non-hydrogen) atoms. The monoisotopic (exact) mass is 580 g/mol. The predicted octanol–water partition coefficient (Wildman–Crippen LogP) is 10.4. The van der Waals surface area contributed by atoms with Gasteiger partial charge in [0.2, 0.25) is 0 Å². The van der Waals surface area contributed by atoms with Crippen molar-refractivity contribution >= 4 is 45.0 Å². The SMILES string of the molecule is C=Cc1c(/C=C\C)c2cc3oc4ccccc4c3cc2n1-c1cccc(-c2nc(-c3ccccc3)nc(-c3ccccc3)n2)c1. The molecule has 0 saturated carbocycles. The van der Waals surface area contributed by atoms with Crippen LogP contribution in [0.15, 0.2) is 138 Å². The number of benzene rings is 5. The molecule has 8 rings (SSSR count). The van der Waals surface area contributed by atoms with E-state index in [2.05, 4.69) is 65.8 Å². The van der Waals surface area contributed by atoms with E-state index in [0.29, 0.717) is 17.5 Å². The first-order valence-electron chi connectivity index (χ1n) is 14.9. The van der Waals surface area contributed by atoms with Crippen LogP contribution in [-0.4, -0.2) is 19.5 Å². The first kappa shape index (κ1) is 26.5. The van der Waals surface area contributed by atoms with Crippen molar-refractivity contribution < 1.29 is 4.42 Å². The lowest BCUT2D eigenvalue weighted by Crippen LogP contribution is -2.01. The van der Waals surface area contributed by atoms with Crippen molar-refractivity contribution in [3.8, 4) is 39.9 Å². The molecule has 5 heteroatoms. The highest BCUT2D eigenvalue weighted by Gasteiger charge is 2.19. The fourth-order valence-electron chi connectivity index (χ4n) is 6.09. The highest BCUT2D eigenvalue weighted by Crippen LogP contribution is 2.38. The third-order valence-electron chi connectivity index (χ3n) is 8.13. The Morgan fingerprint density at radius 3 is 1.89 bits per heavy atom. The molecule has 0 aliphatic carbocycles. The Balaban J connectivity index is 1.36. The minimum absolute atomic E-state index is 0.609. The molecule has 8 aromatic rings. The summed E-state index contributed by atoms with van der Waals surface area (Å²) in [7, 11) is 0. The summed E-state index contributed by atoms with van der Waals surface area (Å²) in [6.45, 7) is 6.26. The molecule has 0 fully saturated rings. The van der Waals surface area contributed by atoms with E-state index in [1.165, 1.54) is 0 Å². The minimum Gasteiger partial charge on any atom is -0.456 e. The number of fused-ring (bicyclic) bond motifs is 4. The number of para-hydroxylation sites is 1. The summed E-state index contributed by atoms with van der Waals surface area (Å²) in [6.07, 6.45) is 6.12. The van der Waals surface area contributed by atoms with E-state index in [-0.39, 0.29) is 0 Å². The zero-order chi connectivity index (χ0) is 30.3. The average molecular weight is 581 g/mol. The van der Waals surface area contributed by atoms with Gasteiger partial charge in [0.05, 0.1) is 11.2 Å². The van der Waals surface area contributed by atoms with Crippen molar-refractivity contribution in [2.24, 2.45) is 0 Å². The largest absolute Gasteiger partial charge is 0.456 e. The van der Waals surface area contributed by atoms with Crippen LogP contribution in [0.5, 0.6) is 0 Å². The van der Waals surface area contributed by atoms with Crippen LogP contribution >= 0.6 is 0 Å². The molecule has 0 N–H and O–H groups in total.